The van der Waals surface area contributed by atoms with Crippen LogP contribution in [-0.4, -0.2) is 52.3 Å². The van der Waals surface area contributed by atoms with E-state index < -0.39 is 23.9 Å². The summed E-state index contributed by atoms with van der Waals surface area (Å²) in [4.78, 5) is 49.2. The van der Waals surface area contributed by atoms with E-state index >= 15 is 0 Å². The lowest BCUT2D eigenvalue weighted by Gasteiger charge is -2.03. The zero-order valence-corrected chi connectivity index (χ0v) is 17.1. The van der Waals surface area contributed by atoms with Crippen LogP contribution in [0, 0.1) is 0 Å². The van der Waals surface area contributed by atoms with Crippen molar-refractivity contribution < 1.29 is 38.1 Å². The van der Waals surface area contributed by atoms with Crippen LogP contribution >= 0.6 is 34.4 Å². The molecule has 0 N–H and O–H groups in total. The van der Waals surface area contributed by atoms with Crippen LogP contribution in [0.2, 0.25) is 0 Å². The summed E-state index contributed by atoms with van der Waals surface area (Å²) in [5.41, 5.74) is 0. The Kier molecular flexibility index (Phi) is 6.99. The van der Waals surface area contributed by atoms with Gasteiger partial charge in [-0.3, -0.25) is 0 Å². The highest BCUT2D eigenvalue weighted by Crippen LogP contribution is 2.41. The molecule has 0 radical (unpaired) electrons. The van der Waals surface area contributed by atoms with Gasteiger partial charge in [-0.2, -0.15) is 0 Å². The van der Waals surface area contributed by atoms with Crippen LogP contribution in [-0.2, 0) is 18.9 Å². The second kappa shape index (κ2) is 9.02. The first kappa shape index (κ1) is 20.9. The summed E-state index contributed by atoms with van der Waals surface area (Å²) in [6, 6.07) is 2.92. The average Bonchev–Trinajstić information content (AvgIpc) is 3.30. The molecule has 11 heteroatoms. The van der Waals surface area contributed by atoms with Gasteiger partial charge in [0, 0.05) is 9.79 Å². The van der Waals surface area contributed by atoms with Gasteiger partial charge in [-0.25, -0.2) is 19.2 Å². The van der Waals surface area contributed by atoms with Crippen LogP contribution in [0.25, 0.3) is 0 Å². The van der Waals surface area contributed by atoms with Gasteiger partial charge >= 0.3 is 23.9 Å². The molecule has 0 saturated carbocycles. The lowest BCUT2D eigenvalue weighted by atomic mass is 10.4. The molecule has 2 heterocycles. The summed E-state index contributed by atoms with van der Waals surface area (Å²) in [5.74, 6) is -2.49. The van der Waals surface area contributed by atoms with Gasteiger partial charge in [0.25, 0.3) is 0 Å². The maximum absolute atomic E-state index is 12.0. The molecule has 2 rings (SSSR count). The lowest BCUT2D eigenvalue weighted by molar-refractivity contribution is 0.0594. The number of thiophene rings is 2. The number of esters is 4. The normalized spacial score (nSPS) is 10.2. The number of hydrogen-bond donors (Lipinski definition) is 0. The van der Waals surface area contributed by atoms with Gasteiger partial charge in [0.2, 0.25) is 0 Å². The standard InChI is InChI=1S/C16H14O8S3/c1-21-13(17)9-5-7(11(26-9)15(19)23-3)25-8-6-10(14(18)22-2)27-12(8)16(20)24-4/h5-6H,1-4H3. The molecule has 8 nitrogen and oxygen atoms in total. The summed E-state index contributed by atoms with van der Waals surface area (Å²) in [6.07, 6.45) is 0. The zero-order valence-electron chi connectivity index (χ0n) is 14.6. The number of carbonyl (C=O) groups excluding carboxylic acids is 4. The van der Waals surface area contributed by atoms with E-state index in [1.54, 1.807) is 0 Å². The van der Waals surface area contributed by atoms with Crippen molar-refractivity contribution in [1.29, 1.82) is 0 Å². The Bertz CT molecular complexity index is 823. The molecule has 0 aliphatic rings. The average molecular weight is 430 g/mol. The van der Waals surface area contributed by atoms with Crippen molar-refractivity contribution >= 4 is 58.3 Å². The first-order chi connectivity index (χ1) is 12.9. The third kappa shape index (κ3) is 4.49. The SMILES string of the molecule is COC(=O)c1cc(Sc2cc(C(=O)OC)sc2C(=O)OC)c(C(=O)OC)s1. The molecule has 0 fully saturated rings. The number of carbonyl (C=O) groups is 4. The van der Waals surface area contributed by atoms with E-state index in [0.29, 0.717) is 9.79 Å². The molecular weight excluding hydrogens is 416 g/mol. The van der Waals surface area contributed by atoms with Gasteiger partial charge in [-0.1, -0.05) is 11.8 Å². The first-order valence-electron chi connectivity index (χ1n) is 7.15. The summed E-state index contributed by atoms with van der Waals surface area (Å²) < 4.78 is 18.8. The molecule has 0 spiro atoms. The van der Waals surface area contributed by atoms with Crippen molar-refractivity contribution in [3.8, 4) is 0 Å². The van der Waals surface area contributed by atoms with Gasteiger partial charge in [0.05, 0.1) is 28.4 Å². The van der Waals surface area contributed by atoms with Gasteiger partial charge in [0.1, 0.15) is 19.5 Å². The van der Waals surface area contributed by atoms with E-state index in [1.807, 2.05) is 0 Å². The number of methoxy groups -OCH3 is 4. The Hall–Kier alpha value is -2.37. The third-order valence-electron chi connectivity index (χ3n) is 3.13. The Balaban J connectivity index is 2.51. The second-order valence-corrected chi connectivity index (χ2v) is 7.86. The van der Waals surface area contributed by atoms with E-state index in [9.17, 15) is 19.2 Å². The van der Waals surface area contributed by atoms with E-state index in [2.05, 4.69) is 9.47 Å². The minimum absolute atomic E-state index is 0.171. The molecule has 0 bridgehead atoms. The fourth-order valence-corrected chi connectivity index (χ4v) is 5.26. The van der Waals surface area contributed by atoms with E-state index in [4.69, 9.17) is 9.47 Å². The number of ether oxygens (including phenoxy) is 4. The van der Waals surface area contributed by atoms with Crippen molar-refractivity contribution in [1.82, 2.24) is 0 Å². The van der Waals surface area contributed by atoms with Crippen molar-refractivity contribution in [2.75, 3.05) is 28.4 Å². The molecule has 0 amide bonds. The Labute approximate surface area is 166 Å². The lowest BCUT2D eigenvalue weighted by Crippen LogP contribution is -2.01. The molecule has 0 aromatic carbocycles. The van der Waals surface area contributed by atoms with Crippen LogP contribution in [0.4, 0.5) is 0 Å². The van der Waals surface area contributed by atoms with Crippen LogP contribution in [0.15, 0.2) is 21.9 Å². The largest absolute Gasteiger partial charge is 0.465 e. The molecule has 0 unspecified atom stereocenters. The highest BCUT2D eigenvalue weighted by atomic mass is 32.2. The molecule has 2 aromatic rings. The summed E-state index contributed by atoms with van der Waals surface area (Å²) in [5, 5.41) is 0. The van der Waals surface area contributed by atoms with Crippen molar-refractivity contribution in [3.05, 3.63) is 31.6 Å². The highest BCUT2D eigenvalue weighted by Gasteiger charge is 2.26. The van der Waals surface area contributed by atoms with Crippen molar-refractivity contribution in [3.63, 3.8) is 0 Å². The first-order valence-corrected chi connectivity index (χ1v) is 9.59. The Morgan fingerprint density at radius 2 is 1.00 bits per heavy atom. The van der Waals surface area contributed by atoms with Crippen molar-refractivity contribution in [2.24, 2.45) is 0 Å². The monoisotopic (exact) mass is 430 g/mol. The van der Waals surface area contributed by atoms with Crippen LogP contribution in [0.1, 0.15) is 38.7 Å². The van der Waals surface area contributed by atoms with E-state index in [0.717, 1.165) is 34.4 Å². The van der Waals surface area contributed by atoms with Crippen molar-refractivity contribution in [2.45, 2.75) is 9.79 Å². The smallest absolute Gasteiger partial charge is 0.349 e. The third-order valence-corrected chi connectivity index (χ3v) is 6.66. The summed E-state index contributed by atoms with van der Waals surface area (Å²) in [7, 11) is 4.88. The Morgan fingerprint density at radius 3 is 1.30 bits per heavy atom. The number of hydrogen-bond acceptors (Lipinski definition) is 11. The fraction of sp³-hybridized carbons (Fsp3) is 0.250. The molecule has 0 saturated heterocycles. The topological polar surface area (TPSA) is 105 Å². The van der Waals surface area contributed by atoms with Crippen LogP contribution in [0.5, 0.6) is 0 Å². The second-order valence-electron chi connectivity index (χ2n) is 4.68. The maximum atomic E-state index is 12.0. The van der Waals surface area contributed by atoms with E-state index in [-0.39, 0.29) is 19.5 Å². The van der Waals surface area contributed by atoms with Crippen LogP contribution < -0.4 is 0 Å². The molecule has 144 valence electrons. The predicted octanol–water partition coefficient (Wildman–Crippen LogP) is 3.11. The van der Waals surface area contributed by atoms with E-state index in [1.165, 1.54) is 40.6 Å². The maximum Gasteiger partial charge on any atom is 0.349 e. The summed E-state index contributed by atoms with van der Waals surface area (Å²) >= 11 is 2.84. The van der Waals surface area contributed by atoms with Gasteiger partial charge in [0.15, 0.2) is 0 Å². The van der Waals surface area contributed by atoms with Gasteiger partial charge < -0.3 is 18.9 Å². The predicted molar refractivity (Wildman–Crippen MR) is 98.1 cm³/mol. The van der Waals surface area contributed by atoms with Gasteiger partial charge in [-0.05, 0) is 12.1 Å². The fourth-order valence-electron chi connectivity index (χ4n) is 1.89. The molecule has 0 atom stereocenters. The quantitative estimate of drug-likeness (QED) is 0.505. The molecule has 0 aliphatic carbocycles. The highest BCUT2D eigenvalue weighted by molar-refractivity contribution is 7.99. The molecule has 0 aliphatic heterocycles. The van der Waals surface area contributed by atoms with Gasteiger partial charge in [-0.15, -0.1) is 22.7 Å². The zero-order chi connectivity index (χ0) is 20.1. The Morgan fingerprint density at radius 1 is 0.667 bits per heavy atom. The minimum atomic E-state index is -0.638. The minimum Gasteiger partial charge on any atom is -0.465 e. The van der Waals surface area contributed by atoms with Crippen LogP contribution in [0.3, 0.4) is 0 Å². The molecule has 27 heavy (non-hydrogen) atoms. The summed E-state index contributed by atoms with van der Waals surface area (Å²) in [6.45, 7) is 0. The molecule has 2 aromatic heterocycles. The number of rotatable bonds is 6. The molecular formula is C16H14O8S3.